The molecule has 0 aromatic heterocycles. The Kier molecular flexibility index (Phi) is 7.95. The lowest BCUT2D eigenvalue weighted by Gasteiger charge is -2.08. The number of non-ortho nitro benzene ring substituents is 1. The highest BCUT2D eigenvalue weighted by molar-refractivity contribution is 6.05. The molecule has 10 heteroatoms. The molecule has 2 N–H and O–H groups in total. The van der Waals surface area contributed by atoms with Gasteiger partial charge < -0.3 is 10.1 Å². The molecular weight excluding hydrogens is 488 g/mol. The van der Waals surface area contributed by atoms with Crippen molar-refractivity contribution >= 4 is 35.4 Å². The molecule has 0 aliphatic heterocycles. The van der Waals surface area contributed by atoms with Gasteiger partial charge >= 0.3 is 5.97 Å². The highest BCUT2D eigenvalue weighted by Crippen LogP contribution is 2.18. The van der Waals surface area contributed by atoms with E-state index in [9.17, 15) is 24.5 Å². The summed E-state index contributed by atoms with van der Waals surface area (Å²) in [4.78, 5) is 47.7. The summed E-state index contributed by atoms with van der Waals surface area (Å²) < 4.78 is 5.46. The predicted octanol–water partition coefficient (Wildman–Crippen LogP) is 4.83. The summed E-state index contributed by atoms with van der Waals surface area (Å²) in [5.41, 5.74) is 3.95. The van der Waals surface area contributed by atoms with Gasteiger partial charge in [-0.15, -0.1) is 0 Å². The zero-order valence-corrected chi connectivity index (χ0v) is 19.7. The van der Waals surface area contributed by atoms with Crippen LogP contribution < -0.4 is 15.5 Å². The van der Waals surface area contributed by atoms with Gasteiger partial charge in [-0.2, -0.15) is 5.10 Å². The van der Waals surface area contributed by atoms with E-state index < -0.39 is 22.7 Å². The molecule has 10 nitrogen and oxygen atoms in total. The molecule has 188 valence electrons. The molecule has 4 aromatic carbocycles. The highest BCUT2D eigenvalue weighted by atomic mass is 16.6. The fraction of sp³-hybridized carbons (Fsp3) is 0. The van der Waals surface area contributed by atoms with Crippen LogP contribution in [0.3, 0.4) is 0 Å². The van der Waals surface area contributed by atoms with Crippen LogP contribution in [0.2, 0.25) is 0 Å². The van der Waals surface area contributed by atoms with Gasteiger partial charge in [0.05, 0.1) is 16.7 Å². The lowest BCUT2D eigenvalue weighted by atomic mass is 10.1. The maximum Gasteiger partial charge on any atom is 0.343 e. The number of ether oxygens (including phenoxy) is 1. The maximum absolute atomic E-state index is 12.6. The average Bonchev–Trinajstić information content (AvgIpc) is 2.94. The summed E-state index contributed by atoms with van der Waals surface area (Å²) in [6.07, 6.45) is 1.35. The zero-order chi connectivity index (χ0) is 26.9. The highest BCUT2D eigenvalue weighted by Gasteiger charge is 2.12. The SMILES string of the molecule is O=C(NN=Cc1ccccc1OC(=O)c1ccccc1)c1cccc(NC(=O)c2ccc([N+](=O)[O-])cc2)c1. The van der Waals surface area contributed by atoms with Crippen molar-refractivity contribution < 1.29 is 24.0 Å². The lowest BCUT2D eigenvalue weighted by Crippen LogP contribution is -2.18. The van der Waals surface area contributed by atoms with Crippen molar-refractivity contribution in [2.24, 2.45) is 5.10 Å². The molecule has 0 saturated heterocycles. The van der Waals surface area contributed by atoms with Crippen molar-refractivity contribution in [3.05, 3.63) is 135 Å². The summed E-state index contributed by atoms with van der Waals surface area (Å²) in [7, 11) is 0. The van der Waals surface area contributed by atoms with E-state index in [0.29, 0.717) is 16.8 Å². The molecule has 0 unspecified atom stereocenters. The topological polar surface area (TPSA) is 140 Å². The molecule has 38 heavy (non-hydrogen) atoms. The monoisotopic (exact) mass is 508 g/mol. The number of carbonyl (C=O) groups is 3. The third kappa shape index (κ3) is 6.52. The normalized spacial score (nSPS) is 10.5. The van der Waals surface area contributed by atoms with E-state index in [-0.39, 0.29) is 22.6 Å². The van der Waals surface area contributed by atoms with Crippen molar-refractivity contribution in [1.82, 2.24) is 5.43 Å². The van der Waals surface area contributed by atoms with Gasteiger partial charge in [0, 0.05) is 34.5 Å². The molecule has 0 heterocycles. The van der Waals surface area contributed by atoms with Gasteiger partial charge in [-0.1, -0.05) is 36.4 Å². The van der Waals surface area contributed by atoms with E-state index in [2.05, 4.69) is 15.8 Å². The third-order valence-corrected chi connectivity index (χ3v) is 5.22. The average molecular weight is 508 g/mol. The molecule has 0 aliphatic carbocycles. The maximum atomic E-state index is 12.6. The van der Waals surface area contributed by atoms with E-state index in [4.69, 9.17) is 4.74 Å². The number of benzene rings is 4. The van der Waals surface area contributed by atoms with Crippen molar-refractivity contribution in [3.63, 3.8) is 0 Å². The van der Waals surface area contributed by atoms with E-state index in [1.54, 1.807) is 72.8 Å². The Morgan fingerprint density at radius 3 is 2.18 bits per heavy atom. The Labute approximate surface area is 216 Å². The molecule has 0 aliphatic rings. The van der Waals surface area contributed by atoms with Crippen molar-refractivity contribution in [2.45, 2.75) is 0 Å². The number of amides is 2. The summed E-state index contributed by atoms with van der Waals surface area (Å²) in [6.45, 7) is 0. The molecule has 0 spiro atoms. The van der Waals surface area contributed by atoms with E-state index in [1.807, 2.05) is 0 Å². The molecule has 0 radical (unpaired) electrons. The first kappa shape index (κ1) is 25.5. The number of para-hydroxylation sites is 1. The van der Waals surface area contributed by atoms with Crippen LogP contribution in [-0.4, -0.2) is 28.9 Å². The van der Waals surface area contributed by atoms with Crippen molar-refractivity contribution in [3.8, 4) is 5.75 Å². The molecule has 4 aromatic rings. The number of anilines is 1. The number of esters is 1. The second-order valence-electron chi connectivity index (χ2n) is 7.83. The second kappa shape index (κ2) is 11.9. The third-order valence-electron chi connectivity index (χ3n) is 5.22. The Hall–Kier alpha value is -5.64. The number of rotatable bonds is 8. The lowest BCUT2D eigenvalue weighted by molar-refractivity contribution is -0.384. The minimum absolute atomic E-state index is 0.127. The fourth-order valence-corrected chi connectivity index (χ4v) is 3.31. The molecule has 0 saturated carbocycles. The van der Waals surface area contributed by atoms with Crippen LogP contribution in [0, 0.1) is 10.1 Å². The first-order valence-electron chi connectivity index (χ1n) is 11.3. The summed E-state index contributed by atoms with van der Waals surface area (Å²) in [6, 6.07) is 26.6. The Balaban J connectivity index is 1.39. The number of hydrogen-bond donors (Lipinski definition) is 2. The Bertz CT molecular complexity index is 1520. The minimum Gasteiger partial charge on any atom is -0.422 e. The van der Waals surface area contributed by atoms with Crippen LogP contribution in [-0.2, 0) is 0 Å². The van der Waals surface area contributed by atoms with Gasteiger partial charge in [0.2, 0.25) is 0 Å². The van der Waals surface area contributed by atoms with E-state index in [1.165, 1.54) is 36.5 Å². The molecular formula is C28H20N4O6. The molecule has 0 atom stereocenters. The largest absolute Gasteiger partial charge is 0.422 e. The minimum atomic E-state index is -0.553. The smallest absolute Gasteiger partial charge is 0.343 e. The molecule has 0 bridgehead atoms. The van der Waals surface area contributed by atoms with Crippen LogP contribution in [0.15, 0.2) is 108 Å². The van der Waals surface area contributed by atoms with Gasteiger partial charge in [0.15, 0.2) is 0 Å². The number of nitrogens with zero attached hydrogens (tertiary/aromatic N) is 2. The number of carbonyl (C=O) groups excluding carboxylic acids is 3. The second-order valence-corrected chi connectivity index (χ2v) is 7.83. The summed E-state index contributed by atoms with van der Waals surface area (Å²) >= 11 is 0. The number of nitro benzene ring substituents is 1. The van der Waals surface area contributed by atoms with Crippen molar-refractivity contribution in [2.75, 3.05) is 5.32 Å². The van der Waals surface area contributed by atoms with Crippen LogP contribution in [0.5, 0.6) is 5.75 Å². The zero-order valence-electron chi connectivity index (χ0n) is 19.7. The van der Waals surface area contributed by atoms with Gasteiger partial charge in [-0.3, -0.25) is 19.7 Å². The van der Waals surface area contributed by atoms with Gasteiger partial charge in [0.1, 0.15) is 5.75 Å². The predicted molar refractivity (Wildman–Crippen MR) is 140 cm³/mol. The van der Waals surface area contributed by atoms with Gasteiger partial charge in [0.25, 0.3) is 17.5 Å². The Morgan fingerprint density at radius 1 is 0.763 bits per heavy atom. The molecule has 2 amide bonds. The number of nitrogens with one attached hydrogen (secondary N) is 2. The van der Waals surface area contributed by atoms with Crippen LogP contribution in [0.1, 0.15) is 36.6 Å². The number of hydrazone groups is 1. The quantitative estimate of drug-likeness (QED) is 0.115. The first-order chi connectivity index (χ1) is 18.4. The summed E-state index contributed by atoms with van der Waals surface area (Å²) in [5.74, 6) is -1.28. The molecule has 0 fully saturated rings. The van der Waals surface area contributed by atoms with Crippen LogP contribution in [0.4, 0.5) is 11.4 Å². The van der Waals surface area contributed by atoms with Gasteiger partial charge in [-0.05, 0) is 54.6 Å². The van der Waals surface area contributed by atoms with E-state index >= 15 is 0 Å². The fourth-order valence-electron chi connectivity index (χ4n) is 3.31. The number of nitro groups is 1. The first-order valence-corrected chi connectivity index (χ1v) is 11.3. The number of hydrogen-bond acceptors (Lipinski definition) is 7. The Morgan fingerprint density at radius 2 is 1.45 bits per heavy atom. The van der Waals surface area contributed by atoms with E-state index in [0.717, 1.165) is 0 Å². The van der Waals surface area contributed by atoms with Crippen LogP contribution in [0.25, 0.3) is 0 Å². The van der Waals surface area contributed by atoms with Crippen LogP contribution >= 0.6 is 0 Å². The van der Waals surface area contributed by atoms with Gasteiger partial charge in [-0.25, -0.2) is 10.2 Å². The van der Waals surface area contributed by atoms with Crippen molar-refractivity contribution in [1.29, 1.82) is 0 Å². The summed E-state index contributed by atoms with van der Waals surface area (Å²) in [5, 5.41) is 17.4. The standard InChI is InChI=1S/C28H20N4O6/c33-26(19-13-15-24(16-14-19)32(36)37)30-23-11-6-10-21(17-23)27(34)31-29-18-22-9-4-5-12-25(22)38-28(35)20-7-2-1-3-8-20/h1-18H,(H,30,33)(H,31,34). The molecule has 4 rings (SSSR count).